The number of halogens is 3. The Labute approximate surface area is 301 Å². The van der Waals surface area contributed by atoms with Gasteiger partial charge in [-0.15, -0.1) is 16.0 Å². The van der Waals surface area contributed by atoms with Crippen LogP contribution in [0.5, 0.6) is 0 Å². The van der Waals surface area contributed by atoms with Gasteiger partial charge in [-0.3, -0.25) is 9.69 Å². The summed E-state index contributed by atoms with van der Waals surface area (Å²) in [4.78, 5) is 30.9. The summed E-state index contributed by atoms with van der Waals surface area (Å²) in [6, 6.07) is 15.4. The highest BCUT2D eigenvalue weighted by molar-refractivity contribution is 7.10. The molecule has 12 nitrogen and oxygen atoms in total. The lowest BCUT2D eigenvalue weighted by molar-refractivity contribution is -0.753. The molecule has 0 saturated heterocycles. The molecule has 0 bridgehead atoms. The molecule has 0 aliphatic carbocycles. The van der Waals surface area contributed by atoms with Gasteiger partial charge in [-0.05, 0) is 55.6 Å². The molecule has 0 aliphatic rings. The molecule has 0 aliphatic heterocycles. The lowest BCUT2D eigenvalue weighted by Crippen LogP contribution is -2.42. The van der Waals surface area contributed by atoms with Gasteiger partial charge in [0.2, 0.25) is 12.6 Å². The van der Waals surface area contributed by atoms with Crippen molar-refractivity contribution >= 4 is 29.1 Å². The summed E-state index contributed by atoms with van der Waals surface area (Å²) in [6.45, 7) is 2.52. The Bertz CT molecular complexity index is 2100. The minimum atomic E-state index is -2.06. The maximum absolute atomic E-state index is 15.3. The number of carbonyl (C=O) groups excluding carboxylic acids is 2. The van der Waals surface area contributed by atoms with Crippen molar-refractivity contribution < 1.29 is 41.9 Å². The molecule has 0 fully saturated rings. The van der Waals surface area contributed by atoms with E-state index < -0.39 is 47.3 Å². The van der Waals surface area contributed by atoms with E-state index in [1.165, 1.54) is 46.4 Å². The molecule has 2 aromatic heterocycles. The van der Waals surface area contributed by atoms with Crippen LogP contribution in [0.4, 0.5) is 23.7 Å². The third-order valence-electron chi connectivity index (χ3n) is 8.39. The van der Waals surface area contributed by atoms with Crippen molar-refractivity contribution in [2.45, 2.75) is 44.7 Å². The van der Waals surface area contributed by atoms with Crippen LogP contribution in [0.2, 0.25) is 0 Å². The van der Waals surface area contributed by atoms with Crippen LogP contribution in [0.15, 0.2) is 78.7 Å². The number of hydrogen-bond donors (Lipinski definition) is 2. The summed E-state index contributed by atoms with van der Waals surface area (Å²) < 4.78 is 57.4. The van der Waals surface area contributed by atoms with Crippen molar-refractivity contribution in [2.75, 3.05) is 25.5 Å². The van der Waals surface area contributed by atoms with E-state index in [9.17, 15) is 23.5 Å². The minimum absolute atomic E-state index is 0.0514. The van der Waals surface area contributed by atoms with Gasteiger partial charge >= 0.3 is 12.1 Å². The molecule has 0 radical (unpaired) electrons. The number of hydrogen-bond acceptors (Lipinski definition) is 10. The lowest BCUT2D eigenvalue weighted by atomic mass is 9.82. The number of thiazole rings is 1. The molecule has 16 heteroatoms. The first kappa shape index (κ1) is 37.6. The molecule has 3 aromatic carbocycles. The number of benzene rings is 3. The second-order valence-electron chi connectivity index (χ2n) is 11.9. The first-order valence-corrected chi connectivity index (χ1v) is 16.8. The number of aromatic nitrogens is 4. The molecule has 5 rings (SSSR count). The van der Waals surface area contributed by atoms with Gasteiger partial charge in [-0.2, -0.15) is 9.83 Å². The number of likely N-dealkylation sites (N-methyl/N-ethyl adjacent to an activating group) is 1. The number of amides is 1. The molecule has 1 amide bonds. The Kier molecular flexibility index (Phi) is 11.7. The maximum Gasteiger partial charge on any atom is 0.416 e. The Morgan fingerprint density at radius 2 is 1.83 bits per heavy atom. The van der Waals surface area contributed by atoms with E-state index in [2.05, 4.69) is 21.5 Å². The fourth-order valence-corrected chi connectivity index (χ4v) is 6.39. The Balaban J connectivity index is 1.36. The number of nitriles is 1. The van der Waals surface area contributed by atoms with Gasteiger partial charge in [-0.25, -0.2) is 22.9 Å². The number of aliphatic hydroxyl groups is 1. The van der Waals surface area contributed by atoms with Crippen molar-refractivity contribution in [1.82, 2.24) is 20.1 Å². The largest absolute Gasteiger partial charge is 0.460 e. The average molecular weight is 735 g/mol. The smallest absolute Gasteiger partial charge is 0.416 e. The van der Waals surface area contributed by atoms with Gasteiger partial charge in [0.15, 0.2) is 0 Å². The quantitative estimate of drug-likeness (QED) is 0.121. The van der Waals surface area contributed by atoms with Crippen LogP contribution in [0.25, 0.3) is 11.3 Å². The fraction of sp³-hybridized carbons (Fsp3) is 0.278. The first-order valence-electron chi connectivity index (χ1n) is 15.9. The summed E-state index contributed by atoms with van der Waals surface area (Å²) >= 11 is 1.23. The van der Waals surface area contributed by atoms with E-state index in [1.54, 1.807) is 50.5 Å². The van der Waals surface area contributed by atoms with E-state index in [0.717, 1.165) is 40.8 Å². The predicted molar refractivity (Wildman–Crippen MR) is 183 cm³/mol. The number of carbonyl (C=O) groups is 2. The lowest BCUT2D eigenvalue weighted by Gasteiger charge is -2.32. The summed E-state index contributed by atoms with van der Waals surface area (Å²) in [5.41, 5.74) is -0.0793. The topological polar surface area (TPSA) is 146 Å². The van der Waals surface area contributed by atoms with Gasteiger partial charge in [0.25, 0.3) is 6.33 Å². The molecule has 0 spiro atoms. The third-order valence-corrected chi connectivity index (χ3v) is 9.42. The first-order chi connectivity index (χ1) is 24.8. The van der Waals surface area contributed by atoms with Crippen LogP contribution in [0.3, 0.4) is 0 Å². The number of nitrogens with zero attached hydrogens (tertiary/aromatic N) is 6. The van der Waals surface area contributed by atoms with Gasteiger partial charge in [0.1, 0.15) is 36.2 Å². The van der Waals surface area contributed by atoms with E-state index in [0.29, 0.717) is 16.3 Å². The number of anilines is 1. The molecular weight excluding hydrogens is 700 g/mol. The SMILES string of the molecule is CNCC(=O)OCc1cc(F)ccc1N(C)C(=O)OC(C)[n+]1cnn(CC(O)(c2cc(F)ccc2F)C(C)c2nc(-c3ccc(C#N)cc3)cs2)c1. The number of esters is 1. The van der Waals surface area contributed by atoms with E-state index in [4.69, 9.17) is 14.7 Å². The Morgan fingerprint density at radius 3 is 2.54 bits per heavy atom. The molecule has 2 heterocycles. The summed E-state index contributed by atoms with van der Waals surface area (Å²) in [6.07, 6.45) is 0.992. The van der Waals surface area contributed by atoms with Crippen molar-refractivity contribution in [2.24, 2.45) is 0 Å². The summed E-state index contributed by atoms with van der Waals surface area (Å²) in [7, 11) is 2.99. The van der Waals surface area contributed by atoms with Gasteiger partial charge in [-0.1, -0.05) is 19.1 Å². The van der Waals surface area contributed by atoms with Crippen LogP contribution < -0.4 is 14.8 Å². The normalized spacial score (nSPS) is 13.4. The highest BCUT2D eigenvalue weighted by Gasteiger charge is 2.43. The Hall–Kier alpha value is -5.63. The standard InChI is InChI=1S/C36H35F3N7O5S/c1-22(34-43-31(18-52-34)25-7-5-24(15-40)6-8-25)36(49,29-14-28(38)9-11-30(29)39)19-46-21-45(20-42-46)23(2)51-35(48)44(4)32-12-10-27(37)13-26(32)17-50-33(47)16-41-3/h5-14,18,20-23,41,49H,16-17,19H2,1-4H3/q+1. The summed E-state index contributed by atoms with van der Waals surface area (Å²) in [5, 5.41) is 30.5. The van der Waals surface area contributed by atoms with Crippen molar-refractivity contribution in [3.05, 3.63) is 118 Å². The number of ether oxygens (including phenoxy) is 2. The maximum atomic E-state index is 15.3. The Morgan fingerprint density at radius 1 is 1.12 bits per heavy atom. The predicted octanol–water partition coefficient (Wildman–Crippen LogP) is 5.33. The zero-order valence-corrected chi connectivity index (χ0v) is 29.4. The van der Waals surface area contributed by atoms with E-state index in [-0.39, 0.29) is 36.5 Å². The highest BCUT2D eigenvalue weighted by Crippen LogP contribution is 2.41. The molecule has 52 heavy (non-hydrogen) atoms. The average Bonchev–Trinajstić information content (AvgIpc) is 3.82. The number of rotatable bonds is 13. The molecule has 3 atom stereocenters. The van der Waals surface area contributed by atoms with Crippen LogP contribution in [-0.2, 0) is 33.0 Å². The third kappa shape index (κ3) is 8.45. The molecule has 5 aromatic rings. The monoisotopic (exact) mass is 734 g/mol. The molecule has 2 N–H and O–H groups in total. The zero-order chi connectivity index (χ0) is 37.6. The van der Waals surface area contributed by atoms with Gasteiger partial charge in [0.05, 0.1) is 34.6 Å². The molecule has 0 saturated carbocycles. The highest BCUT2D eigenvalue weighted by atomic mass is 32.1. The zero-order valence-electron chi connectivity index (χ0n) is 28.6. The second kappa shape index (κ2) is 16.1. The summed E-state index contributed by atoms with van der Waals surface area (Å²) in [5.74, 6) is -3.60. The molecule has 270 valence electrons. The molecular formula is C36H35F3N7O5S+. The minimum Gasteiger partial charge on any atom is -0.460 e. The van der Waals surface area contributed by atoms with Crippen molar-refractivity contribution in [3.8, 4) is 17.3 Å². The van der Waals surface area contributed by atoms with E-state index in [1.807, 2.05) is 0 Å². The van der Waals surface area contributed by atoms with E-state index >= 15 is 4.39 Å². The number of nitrogens with one attached hydrogen (secondary N) is 1. The van der Waals surface area contributed by atoms with Crippen LogP contribution >= 0.6 is 11.3 Å². The van der Waals surface area contributed by atoms with Crippen LogP contribution in [0.1, 0.15) is 47.7 Å². The second-order valence-corrected chi connectivity index (χ2v) is 12.8. The van der Waals surface area contributed by atoms with Gasteiger partial charge in [0, 0.05) is 47.1 Å². The van der Waals surface area contributed by atoms with Crippen molar-refractivity contribution in [1.29, 1.82) is 5.26 Å². The van der Waals surface area contributed by atoms with Crippen LogP contribution in [-0.4, -0.2) is 52.6 Å². The van der Waals surface area contributed by atoms with Crippen molar-refractivity contribution in [3.63, 3.8) is 0 Å². The van der Waals surface area contributed by atoms with Crippen LogP contribution in [0, 0.1) is 28.8 Å². The molecule has 3 unspecified atom stereocenters. The van der Waals surface area contributed by atoms with Gasteiger partial charge < -0.3 is 19.9 Å². The fourth-order valence-electron chi connectivity index (χ4n) is 5.41.